The molecule has 1 N–H and O–H groups in total. The molecule has 1 heterocycles. The highest BCUT2D eigenvalue weighted by atomic mass is 16.5. The Balaban J connectivity index is 1.30. The lowest BCUT2D eigenvalue weighted by atomic mass is 9.52. The summed E-state index contributed by atoms with van der Waals surface area (Å²) in [5, 5.41) is 6.23. The van der Waals surface area contributed by atoms with Crippen LogP contribution < -0.4 is 10.1 Å². The van der Waals surface area contributed by atoms with E-state index in [0.717, 1.165) is 38.0 Å². The summed E-state index contributed by atoms with van der Waals surface area (Å²) in [6.07, 6.45) is 4.61. The molecule has 152 valence electrons. The predicted octanol–water partition coefficient (Wildman–Crippen LogP) is 4.94. The molecule has 3 aliphatic rings. The van der Waals surface area contributed by atoms with Crippen molar-refractivity contribution < 1.29 is 9.53 Å². The van der Waals surface area contributed by atoms with Gasteiger partial charge in [-0.15, -0.1) is 0 Å². The molecule has 3 aromatic rings. The van der Waals surface area contributed by atoms with Gasteiger partial charge >= 0.3 is 0 Å². The third-order valence-electron chi connectivity index (χ3n) is 7.70. The second-order valence-electron chi connectivity index (χ2n) is 9.32. The topological polar surface area (TPSA) is 38.3 Å². The van der Waals surface area contributed by atoms with Crippen LogP contribution >= 0.6 is 0 Å². The van der Waals surface area contributed by atoms with Crippen LogP contribution in [-0.2, 0) is 23.2 Å². The van der Waals surface area contributed by atoms with E-state index >= 15 is 0 Å². The monoisotopic (exact) mass is 397 g/mol. The van der Waals surface area contributed by atoms with Gasteiger partial charge in [0.15, 0.2) is 0 Å². The Hall–Kier alpha value is -2.65. The quantitative estimate of drug-likeness (QED) is 0.680. The van der Waals surface area contributed by atoms with Gasteiger partial charge in [-0.1, -0.05) is 42.5 Å². The summed E-state index contributed by atoms with van der Waals surface area (Å²) < 4.78 is 6.25. The van der Waals surface area contributed by atoms with Gasteiger partial charge in [-0.3, -0.25) is 4.79 Å². The first-order chi connectivity index (χ1) is 14.7. The summed E-state index contributed by atoms with van der Waals surface area (Å²) in [5.74, 6) is 1.93. The maximum Gasteiger partial charge on any atom is 0.133 e. The highest BCUT2D eigenvalue weighted by Gasteiger charge is 2.53. The maximum absolute atomic E-state index is 12.5. The van der Waals surface area contributed by atoms with Gasteiger partial charge in [-0.25, -0.2) is 0 Å². The van der Waals surface area contributed by atoms with Gasteiger partial charge < -0.3 is 10.1 Å². The minimum absolute atomic E-state index is 0.0150. The molecule has 3 atom stereocenters. The highest BCUT2D eigenvalue weighted by molar-refractivity contribution is 5.83. The number of rotatable bonds is 3. The number of hydrogen-bond donors (Lipinski definition) is 1. The molecule has 0 radical (unpaired) electrons. The first-order valence-corrected chi connectivity index (χ1v) is 11.2. The number of carbonyl (C=O) groups excluding carboxylic acids is 1. The second kappa shape index (κ2) is 6.95. The number of Topliss-reactive ketones (excluding diaryl/α,β-unsaturated/α-hetero) is 1. The average Bonchev–Trinajstić information content (AvgIpc) is 2.77. The van der Waals surface area contributed by atoms with Crippen LogP contribution in [-0.4, -0.2) is 18.4 Å². The zero-order valence-corrected chi connectivity index (χ0v) is 17.2. The van der Waals surface area contributed by atoms with E-state index in [4.69, 9.17) is 4.74 Å². The number of fused-ring (bicyclic) bond motifs is 2. The minimum atomic E-state index is 0.0150. The standard InChI is InChI=1S/C27H27NO2/c29-22-8-10-24-26-14-21-7-9-23(15-25(21)27(24,16-22)11-12-28-26)30-17-18-5-6-19-3-1-2-4-20(19)13-18/h1-7,9,13,15,24,26,28H,8,10-12,14,16-17H2/t24-,26+,27-/m0/s1. The normalized spacial score (nSPS) is 27.4. The maximum atomic E-state index is 12.5. The number of benzene rings is 3. The number of piperidine rings is 1. The van der Waals surface area contributed by atoms with E-state index in [2.05, 4.69) is 66.0 Å². The largest absolute Gasteiger partial charge is 0.489 e. The molecule has 6 rings (SSSR count). The van der Waals surface area contributed by atoms with Crippen molar-refractivity contribution in [2.45, 2.75) is 50.2 Å². The van der Waals surface area contributed by atoms with Crippen molar-refractivity contribution in [1.82, 2.24) is 5.32 Å². The van der Waals surface area contributed by atoms with Crippen LogP contribution in [0.1, 0.15) is 42.4 Å². The van der Waals surface area contributed by atoms with Crippen LogP contribution in [0.25, 0.3) is 10.8 Å². The van der Waals surface area contributed by atoms with Crippen molar-refractivity contribution in [2.24, 2.45) is 5.92 Å². The third kappa shape index (κ3) is 2.87. The van der Waals surface area contributed by atoms with Gasteiger partial charge in [-0.05, 0) is 77.4 Å². The molecule has 3 nitrogen and oxygen atoms in total. The van der Waals surface area contributed by atoms with Crippen molar-refractivity contribution >= 4 is 16.6 Å². The molecule has 2 aliphatic carbocycles. The number of ketones is 1. The number of nitrogens with one attached hydrogen (secondary N) is 1. The third-order valence-corrected chi connectivity index (χ3v) is 7.70. The van der Waals surface area contributed by atoms with E-state index in [1.54, 1.807) is 0 Å². The number of carbonyl (C=O) groups is 1. The Labute approximate surface area is 177 Å². The minimum Gasteiger partial charge on any atom is -0.489 e. The summed E-state index contributed by atoms with van der Waals surface area (Å²) in [6.45, 7) is 1.57. The molecule has 0 unspecified atom stereocenters. The number of ether oxygens (including phenoxy) is 1. The summed E-state index contributed by atoms with van der Waals surface area (Å²) in [6, 6.07) is 22.1. The summed E-state index contributed by atoms with van der Waals surface area (Å²) >= 11 is 0. The van der Waals surface area contributed by atoms with E-state index in [9.17, 15) is 4.79 Å². The fraction of sp³-hybridized carbons (Fsp3) is 0.370. The van der Waals surface area contributed by atoms with Crippen molar-refractivity contribution in [1.29, 1.82) is 0 Å². The lowest BCUT2D eigenvalue weighted by Gasteiger charge is -2.55. The van der Waals surface area contributed by atoms with Gasteiger partial charge in [0.05, 0.1) is 0 Å². The number of hydrogen-bond acceptors (Lipinski definition) is 3. The Bertz CT molecular complexity index is 1140. The highest BCUT2D eigenvalue weighted by Crippen LogP contribution is 2.53. The van der Waals surface area contributed by atoms with Crippen LogP contribution in [0, 0.1) is 5.92 Å². The molecular weight excluding hydrogens is 370 g/mol. The Morgan fingerprint density at radius 2 is 1.93 bits per heavy atom. The molecule has 1 saturated carbocycles. The first kappa shape index (κ1) is 18.1. The SMILES string of the molecule is O=C1CC[C@H]2[C@H]3Cc4ccc(OCc5ccc6ccccc6c5)cc4[C@@]2(CCN3)C1. The Kier molecular flexibility index (Phi) is 4.21. The van der Waals surface area contributed by atoms with Crippen LogP contribution in [0.15, 0.2) is 60.7 Å². The fourth-order valence-electron chi connectivity index (χ4n) is 6.31. The molecule has 3 aromatic carbocycles. The lowest BCUT2D eigenvalue weighted by Crippen LogP contribution is -2.60. The lowest BCUT2D eigenvalue weighted by molar-refractivity contribution is -0.125. The fourth-order valence-corrected chi connectivity index (χ4v) is 6.31. The molecule has 1 aliphatic heterocycles. The Morgan fingerprint density at radius 1 is 1.03 bits per heavy atom. The summed E-state index contributed by atoms with van der Waals surface area (Å²) in [4.78, 5) is 12.5. The van der Waals surface area contributed by atoms with Gasteiger partial charge in [0, 0.05) is 24.3 Å². The van der Waals surface area contributed by atoms with Crippen molar-refractivity contribution in [3.05, 3.63) is 77.4 Å². The van der Waals surface area contributed by atoms with Gasteiger partial charge in [0.2, 0.25) is 0 Å². The van der Waals surface area contributed by atoms with Crippen LogP contribution in [0.3, 0.4) is 0 Å². The second-order valence-corrected chi connectivity index (χ2v) is 9.32. The first-order valence-electron chi connectivity index (χ1n) is 11.2. The van der Waals surface area contributed by atoms with Crippen LogP contribution in [0.2, 0.25) is 0 Å². The molecule has 0 aromatic heterocycles. The molecule has 1 saturated heterocycles. The molecule has 30 heavy (non-hydrogen) atoms. The van der Waals surface area contributed by atoms with E-state index in [1.165, 1.54) is 27.5 Å². The van der Waals surface area contributed by atoms with Crippen molar-refractivity contribution in [2.75, 3.05) is 6.54 Å². The van der Waals surface area contributed by atoms with E-state index < -0.39 is 0 Å². The van der Waals surface area contributed by atoms with E-state index in [0.29, 0.717) is 30.8 Å². The zero-order valence-electron chi connectivity index (χ0n) is 17.2. The van der Waals surface area contributed by atoms with Gasteiger partial charge in [0.25, 0.3) is 0 Å². The smallest absolute Gasteiger partial charge is 0.133 e. The van der Waals surface area contributed by atoms with Gasteiger partial charge in [-0.2, -0.15) is 0 Å². The van der Waals surface area contributed by atoms with E-state index in [1.807, 2.05) is 0 Å². The van der Waals surface area contributed by atoms with Gasteiger partial charge in [0.1, 0.15) is 18.1 Å². The van der Waals surface area contributed by atoms with Crippen LogP contribution in [0.5, 0.6) is 5.75 Å². The molecule has 0 spiro atoms. The van der Waals surface area contributed by atoms with Crippen molar-refractivity contribution in [3.63, 3.8) is 0 Å². The summed E-state index contributed by atoms with van der Waals surface area (Å²) in [7, 11) is 0. The predicted molar refractivity (Wildman–Crippen MR) is 119 cm³/mol. The molecule has 3 heteroatoms. The van der Waals surface area contributed by atoms with Crippen molar-refractivity contribution in [3.8, 4) is 5.75 Å². The average molecular weight is 398 g/mol. The summed E-state index contributed by atoms with van der Waals surface area (Å²) in [5.41, 5.74) is 3.98. The van der Waals surface area contributed by atoms with E-state index in [-0.39, 0.29) is 5.41 Å². The Morgan fingerprint density at radius 3 is 2.87 bits per heavy atom. The molecule has 2 fully saturated rings. The van der Waals surface area contributed by atoms with Crippen LogP contribution in [0.4, 0.5) is 0 Å². The molecule has 0 amide bonds. The molecular formula is C27H27NO2. The molecule has 2 bridgehead atoms. The zero-order chi connectivity index (χ0) is 20.1.